The van der Waals surface area contributed by atoms with Gasteiger partial charge in [0.25, 0.3) is 0 Å². The van der Waals surface area contributed by atoms with Crippen molar-refractivity contribution in [1.82, 2.24) is 25.9 Å². The molecule has 0 amide bonds. The Bertz CT molecular complexity index is 234. The molecule has 1 atom stereocenters. The number of rotatable bonds is 3. The first-order valence-corrected chi connectivity index (χ1v) is 3.24. The number of H-pyrrole nitrogens is 1. The summed E-state index contributed by atoms with van der Waals surface area (Å²) in [5, 5.41) is 16.4. The van der Waals surface area contributed by atoms with Gasteiger partial charge in [0.2, 0.25) is 0 Å². The van der Waals surface area contributed by atoms with Crippen LogP contribution < -0.4 is 5.32 Å². The van der Waals surface area contributed by atoms with Gasteiger partial charge in [-0.2, -0.15) is 5.21 Å². The van der Waals surface area contributed by atoms with Gasteiger partial charge in [-0.05, 0) is 6.92 Å². The Labute approximate surface area is 64.6 Å². The highest BCUT2D eigenvalue weighted by Crippen LogP contribution is 2.00. The van der Waals surface area contributed by atoms with Crippen LogP contribution in [-0.4, -0.2) is 27.2 Å². The lowest BCUT2D eigenvalue weighted by atomic mass is 10.3. The molecule has 0 saturated heterocycles. The Morgan fingerprint density at radius 1 is 1.82 bits per heavy atom. The highest BCUT2D eigenvalue weighted by atomic mass is 15.5. The molecule has 58 valence electrons. The Morgan fingerprint density at radius 3 is 3.18 bits per heavy atom. The highest BCUT2D eigenvalue weighted by molar-refractivity contribution is 4.92. The third kappa shape index (κ3) is 2.02. The minimum absolute atomic E-state index is 0.0461. The van der Waals surface area contributed by atoms with Crippen molar-refractivity contribution in [3.8, 4) is 12.3 Å². The molecular formula is C6H9N5. The zero-order valence-electron chi connectivity index (χ0n) is 6.20. The molecule has 0 saturated carbocycles. The Morgan fingerprint density at radius 2 is 2.64 bits per heavy atom. The quantitative estimate of drug-likeness (QED) is 0.571. The maximum absolute atomic E-state index is 5.05. The van der Waals surface area contributed by atoms with E-state index in [1.807, 2.05) is 6.92 Å². The van der Waals surface area contributed by atoms with Crippen LogP contribution in [0.2, 0.25) is 0 Å². The summed E-state index contributed by atoms with van der Waals surface area (Å²) in [4.78, 5) is 0. The lowest BCUT2D eigenvalue weighted by Gasteiger charge is -2.04. The topological polar surface area (TPSA) is 66.5 Å². The van der Waals surface area contributed by atoms with E-state index in [0.717, 1.165) is 0 Å². The average molecular weight is 151 g/mol. The first-order valence-electron chi connectivity index (χ1n) is 3.24. The van der Waals surface area contributed by atoms with Crippen molar-refractivity contribution in [2.45, 2.75) is 13.0 Å². The molecule has 11 heavy (non-hydrogen) atoms. The lowest BCUT2D eigenvalue weighted by Crippen LogP contribution is -2.19. The molecule has 5 nitrogen and oxygen atoms in total. The summed E-state index contributed by atoms with van der Waals surface area (Å²) < 4.78 is 0. The van der Waals surface area contributed by atoms with Crippen LogP contribution in [0.15, 0.2) is 0 Å². The summed E-state index contributed by atoms with van der Waals surface area (Å²) in [5.41, 5.74) is 0. The second-order valence-corrected chi connectivity index (χ2v) is 2.08. The first kappa shape index (κ1) is 7.69. The number of hydrogen-bond donors (Lipinski definition) is 2. The number of nitrogens with one attached hydrogen (secondary N) is 2. The third-order valence-corrected chi connectivity index (χ3v) is 1.26. The van der Waals surface area contributed by atoms with Crippen LogP contribution in [0.4, 0.5) is 0 Å². The van der Waals surface area contributed by atoms with E-state index in [0.29, 0.717) is 12.4 Å². The highest BCUT2D eigenvalue weighted by Gasteiger charge is 2.07. The minimum atomic E-state index is 0.0461. The van der Waals surface area contributed by atoms with Crippen LogP contribution in [0.25, 0.3) is 0 Å². The molecule has 1 unspecified atom stereocenters. The summed E-state index contributed by atoms with van der Waals surface area (Å²) in [7, 11) is 0. The molecule has 0 spiro atoms. The van der Waals surface area contributed by atoms with Crippen LogP contribution in [0.3, 0.4) is 0 Å². The number of aromatic amines is 1. The molecule has 5 heteroatoms. The van der Waals surface area contributed by atoms with E-state index in [1.54, 1.807) is 0 Å². The van der Waals surface area contributed by atoms with Gasteiger partial charge < -0.3 is 0 Å². The predicted molar refractivity (Wildman–Crippen MR) is 39.4 cm³/mol. The second-order valence-electron chi connectivity index (χ2n) is 2.08. The van der Waals surface area contributed by atoms with E-state index in [4.69, 9.17) is 6.42 Å². The fraction of sp³-hybridized carbons (Fsp3) is 0.500. The van der Waals surface area contributed by atoms with E-state index in [-0.39, 0.29) is 6.04 Å². The summed E-state index contributed by atoms with van der Waals surface area (Å²) in [6.07, 6.45) is 5.05. The summed E-state index contributed by atoms with van der Waals surface area (Å²) in [6, 6.07) is 0.0461. The van der Waals surface area contributed by atoms with Crippen molar-refractivity contribution in [1.29, 1.82) is 0 Å². The molecule has 1 rings (SSSR count). The van der Waals surface area contributed by atoms with E-state index >= 15 is 0 Å². The average Bonchev–Trinajstić information content (AvgIpc) is 2.52. The molecule has 1 aromatic heterocycles. The maximum atomic E-state index is 5.05. The molecule has 0 radical (unpaired) electrons. The number of nitrogens with zero attached hydrogens (tertiary/aromatic N) is 3. The zero-order valence-corrected chi connectivity index (χ0v) is 6.20. The van der Waals surface area contributed by atoms with Crippen molar-refractivity contribution in [2.75, 3.05) is 6.54 Å². The van der Waals surface area contributed by atoms with Crippen LogP contribution in [0, 0.1) is 12.3 Å². The largest absolute Gasteiger partial charge is 0.297 e. The van der Waals surface area contributed by atoms with Gasteiger partial charge in [-0.15, -0.1) is 16.6 Å². The minimum Gasteiger partial charge on any atom is -0.297 e. The van der Waals surface area contributed by atoms with E-state index in [1.165, 1.54) is 0 Å². The molecule has 0 aliphatic heterocycles. The smallest absolute Gasteiger partial charge is 0.191 e. The van der Waals surface area contributed by atoms with Gasteiger partial charge in [-0.25, -0.2) is 0 Å². The van der Waals surface area contributed by atoms with Crippen LogP contribution >= 0.6 is 0 Å². The van der Waals surface area contributed by atoms with Gasteiger partial charge in [-0.1, -0.05) is 11.1 Å². The van der Waals surface area contributed by atoms with Gasteiger partial charge in [0.15, 0.2) is 5.82 Å². The van der Waals surface area contributed by atoms with Crippen molar-refractivity contribution < 1.29 is 0 Å². The summed E-state index contributed by atoms with van der Waals surface area (Å²) in [5.74, 6) is 3.09. The molecule has 0 aromatic carbocycles. The molecule has 1 heterocycles. The normalized spacial score (nSPS) is 12.4. The number of terminal acetylenes is 1. The van der Waals surface area contributed by atoms with E-state index in [9.17, 15) is 0 Å². The number of hydrogen-bond acceptors (Lipinski definition) is 4. The fourth-order valence-corrected chi connectivity index (χ4v) is 0.656. The molecule has 0 aliphatic rings. The van der Waals surface area contributed by atoms with Gasteiger partial charge in [0, 0.05) is 0 Å². The standard InChI is InChI=1S/C6H9N5/c1-3-4-7-5(2)6-8-10-11-9-6/h1,5,7H,4H2,2H3,(H,8,9,10,11). The van der Waals surface area contributed by atoms with Crippen LogP contribution in [0.1, 0.15) is 18.8 Å². The number of aromatic nitrogens is 4. The maximum Gasteiger partial charge on any atom is 0.191 e. The SMILES string of the molecule is C#CCNC(C)c1nn[nH]n1. The molecule has 0 fully saturated rings. The van der Waals surface area contributed by atoms with Crippen molar-refractivity contribution in [3.63, 3.8) is 0 Å². The molecule has 1 aromatic rings. The monoisotopic (exact) mass is 151 g/mol. The van der Waals surface area contributed by atoms with Gasteiger partial charge in [0.1, 0.15) is 0 Å². The van der Waals surface area contributed by atoms with E-state index < -0.39 is 0 Å². The van der Waals surface area contributed by atoms with Crippen molar-refractivity contribution >= 4 is 0 Å². The Balaban J connectivity index is 2.44. The van der Waals surface area contributed by atoms with Crippen molar-refractivity contribution in [2.24, 2.45) is 0 Å². The second kappa shape index (κ2) is 3.68. The van der Waals surface area contributed by atoms with Gasteiger partial charge in [-0.3, -0.25) is 5.32 Å². The molecular weight excluding hydrogens is 142 g/mol. The number of tetrazole rings is 1. The third-order valence-electron chi connectivity index (χ3n) is 1.26. The summed E-state index contributed by atoms with van der Waals surface area (Å²) in [6.45, 7) is 2.43. The van der Waals surface area contributed by atoms with Crippen molar-refractivity contribution in [3.05, 3.63) is 5.82 Å². The van der Waals surface area contributed by atoms with Crippen LogP contribution in [-0.2, 0) is 0 Å². The predicted octanol–water partition coefficient (Wildman–Crippen LogP) is -0.517. The Hall–Kier alpha value is -1.41. The Kier molecular flexibility index (Phi) is 2.58. The fourth-order valence-electron chi connectivity index (χ4n) is 0.656. The van der Waals surface area contributed by atoms with Gasteiger partial charge in [0.05, 0.1) is 12.6 Å². The first-order chi connectivity index (χ1) is 5.34. The molecule has 0 aliphatic carbocycles. The summed E-state index contributed by atoms with van der Waals surface area (Å²) >= 11 is 0. The molecule has 0 bridgehead atoms. The lowest BCUT2D eigenvalue weighted by molar-refractivity contribution is 0.588. The van der Waals surface area contributed by atoms with E-state index in [2.05, 4.69) is 31.9 Å². The molecule has 2 N–H and O–H groups in total. The van der Waals surface area contributed by atoms with Gasteiger partial charge >= 0.3 is 0 Å². The van der Waals surface area contributed by atoms with Crippen LogP contribution in [0.5, 0.6) is 0 Å². The zero-order chi connectivity index (χ0) is 8.10.